The molecule has 11 heteroatoms. The van der Waals surface area contributed by atoms with Crippen LogP contribution in [-0.2, 0) is 10.9 Å². The first-order valence-electron chi connectivity index (χ1n) is 7.60. The third-order valence-corrected chi connectivity index (χ3v) is 4.23. The van der Waals surface area contributed by atoms with Crippen LogP contribution in [0.3, 0.4) is 0 Å². The number of alkyl halides is 3. The summed E-state index contributed by atoms with van der Waals surface area (Å²) in [6.07, 6.45) is -0.735. The van der Waals surface area contributed by atoms with E-state index in [0.717, 1.165) is 19.0 Å². The van der Waals surface area contributed by atoms with Crippen LogP contribution in [0.2, 0.25) is 5.15 Å². The van der Waals surface area contributed by atoms with Gasteiger partial charge in [-0.15, -0.1) is 0 Å². The van der Waals surface area contributed by atoms with Gasteiger partial charge in [0, 0.05) is 26.5 Å². The van der Waals surface area contributed by atoms with Gasteiger partial charge in [0.1, 0.15) is 11.4 Å². The molecule has 7 nitrogen and oxygen atoms in total. The van der Waals surface area contributed by atoms with E-state index in [2.05, 4.69) is 25.7 Å². The molecule has 1 fully saturated rings. The predicted molar refractivity (Wildman–Crippen MR) is 86.2 cm³/mol. The van der Waals surface area contributed by atoms with Gasteiger partial charge in [0.15, 0.2) is 5.15 Å². The van der Waals surface area contributed by atoms with E-state index >= 15 is 0 Å². The molecular weight excluding hydrogens is 361 g/mol. The van der Waals surface area contributed by atoms with Crippen LogP contribution in [0.4, 0.5) is 30.6 Å². The summed E-state index contributed by atoms with van der Waals surface area (Å²) in [7, 11) is 1.36. The molecule has 0 aliphatic carbocycles. The van der Waals surface area contributed by atoms with E-state index in [1.165, 1.54) is 13.2 Å². The van der Waals surface area contributed by atoms with Gasteiger partial charge in [-0.2, -0.15) is 23.3 Å². The van der Waals surface area contributed by atoms with E-state index in [1.54, 1.807) is 4.68 Å². The number of ether oxygens (including phenoxy) is 1. The van der Waals surface area contributed by atoms with Crippen molar-refractivity contribution in [3.05, 3.63) is 23.1 Å². The van der Waals surface area contributed by atoms with Crippen molar-refractivity contribution in [2.45, 2.75) is 25.1 Å². The molecule has 0 atom stereocenters. The second-order valence-corrected chi connectivity index (χ2v) is 5.82. The van der Waals surface area contributed by atoms with E-state index in [0.29, 0.717) is 24.1 Å². The van der Waals surface area contributed by atoms with Crippen molar-refractivity contribution in [1.82, 2.24) is 19.7 Å². The Labute approximate surface area is 146 Å². The Morgan fingerprint density at radius 2 is 2.00 bits per heavy atom. The number of hydrogen-bond acceptors (Lipinski definition) is 6. The summed E-state index contributed by atoms with van der Waals surface area (Å²) in [5.74, 6) is -0.330. The molecule has 25 heavy (non-hydrogen) atoms. The lowest BCUT2D eigenvalue weighted by Gasteiger charge is -2.23. The molecule has 0 radical (unpaired) electrons. The molecule has 0 saturated carbocycles. The van der Waals surface area contributed by atoms with E-state index in [-0.39, 0.29) is 17.8 Å². The van der Waals surface area contributed by atoms with Crippen molar-refractivity contribution >= 4 is 29.1 Å². The molecule has 1 aliphatic rings. The van der Waals surface area contributed by atoms with Crippen LogP contribution in [-0.4, -0.2) is 40.0 Å². The van der Waals surface area contributed by atoms with Crippen LogP contribution in [0.25, 0.3) is 0 Å². The number of hydrogen-bond donors (Lipinski definition) is 2. The fourth-order valence-electron chi connectivity index (χ4n) is 2.58. The van der Waals surface area contributed by atoms with E-state index in [9.17, 15) is 13.2 Å². The highest BCUT2D eigenvalue weighted by molar-refractivity contribution is 6.32. The van der Waals surface area contributed by atoms with Gasteiger partial charge in [0.05, 0.1) is 17.9 Å². The molecule has 2 aromatic rings. The molecule has 136 valence electrons. The highest BCUT2D eigenvalue weighted by Crippen LogP contribution is 2.35. The Kier molecular flexibility index (Phi) is 5.00. The van der Waals surface area contributed by atoms with Gasteiger partial charge in [-0.3, -0.25) is 0 Å². The van der Waals surface area contributed by atoms with Gasteiger partial charge in [-0.25, -0.2) is 9.67 Å². The fraction of sp³-hybridized carbons (Fsp3) is 0.500. The average molecular weight is 377 g/mol. The van der Waals surface area contributed by atoms with Crippen LogP contribution in [0.15, 0.2) is 12.4 Å². The van der Waals surface area contributed by atoms with E-state index < -0.39 is 11.7 Å². The van der Waals surface area contributed by atoms with Crippen molar-refractivity contribution < 1.29 is 17.9 Å². The largest absolute Gasteiger partial charge is 0.421 e. The van der Waals surface area contributed by atoms with Crippen LogP contribution in [0.1, 0.15) is 24.4 Å². The van der Waals surface area contributed by atoms with Gasteiger partial charge in [0.25, 0.3) is 0 Å². The molecule has 3 heterocycles. The summed E-state index contributed by atoms with van der Waals surface area (Å²) in [6.45, 7) is 1.27. The molecule has 1 aliphatic heterocycles. The lowest BCUT2D eigenvalue weighted by molar-refractivity contribution is -0.137. The molecule has 0 amide bonds. The number of anilines is 3. The molecule has 0 unspecified atom stereocenters. The number of rotatable bonds is 4. The summed E-state index contributed by atoms with van der Waals surface area (Å²) < 4.78 is 45.6. The highest BCUT2D eigenvalue weighted by Gasteiger charge is 2.35. The van der Waals surface area contributed by atoms with Crippen molar-refractivity contribution in [1.29, 1.82) is 0 Å². The first-order valence-corrected chi connectivity index (χ1v) is 7.97. The van der Waals surface area contributed by atoms with Crippen LogP contribution >= 0.6 is 11.6 Å². The van der Waals surface area contributed by atoms with Crippen molar-refractivity contribution in [2.75, 3.05) is 30.9 Å². The SMILES string of the molecule is CNc1nc(Nc2cnn(C3CCOCC3)c2Cl)ncc1C(F)(F)F. The number of nitrogens with one attached hydrogen (secondary N) is 2. The van der Waals surface area contributed by atoms with Crippen LogP contribution in [0.5, 0.6) is 0 Å². The van der Waals surface area contributed by atoms with Crippen LogP contribution in [0, 0.1) is 0 Å². The minimum Gasteiger partial charge on any atom is -0.381 e. The lowest BCUT2D eigenvalue weighted by atomic mass is 10.1. The van der Waals surface area contributed by atoms with Gasteiger partial charge in [0.2, 0.25) is 5.95 Å². The summed E-state index contributed by atoms with van der Waals surface area (Å²) in [4.78, 5) is 7.56. The Hall–Kier alpha value is -2.07. The van der Waals surface area contributed by atoms with Crippen molar-refractivity contribution in [2.24, 2.45) is 0 Å². The quantitative estimate of drug-likeness (QED) is 0.850. The zero-order chi connectivity index (χ0) is 18.0. The van der Waals surface area contributed by atoms with Gasteiger partial charge >= 0.3 is 6.18 Å². The third-order valence-electron chi connectivity index (χ3n) is 3.85. The molecular formula is C14H16ClF3N6O. The highest BCUT2D eigenvalue weighted by atomic mass is 35.5. The minimum absolute atomic E-state index is 0.00854. The van der Waals surface area contributed by atoms with Crippen LogP contribution < -0.4 is 10.6 Å². The average Bonchev–Trinajstić information content (AvgIpc) is 2.95. The number of halogens is 4. The molecule has 3 rings (SSSR count). The predicted octanol–water partition coefficient (Wildman–Crippen LogP) is 3.48. The standard InChI is InChI=1S/C14H16ClF3N6O/c1-19-12-9(14(16,17)18)6-20-13(23-12)22-10-7-21-24(11(10)15)8-2-4-25-5-3-8/h6-8H,2-5H2,1H3,(H2,19,20,22,23). The normalized spacial score (nSPS) is 16.0. The topological polar surface area (TPSA) is 76.9 Å². The van der Waals surface area contributed by atoms with Gasteiger partial charge in [-0.05, 0) is 12.8 Å². The maximum absolute atomic E-state index is 12.9. The zero-order valence-corrected chi connectivity index (χ0v) is 14.0. The van der Waals surface area contributed by atoms with Crippen molar-refractivity contribution in [3.63, 3.8) is 0 Å². The number of nitrogens with zero attached hydrogens (tertiary/aromatic N) is 4. The monoisotopic (exact) mass is 376 g/mol. The first kappa shape index (κ1) is 17.7. The first-order chi connectivity index (χ1) is 11.9. The smallest absolute Gasteiger partial charge is 0.381 e. The molecule has 2 N–H and O–H groups in total. The molecule has 1 saturated heterocycles. The van der Waals surface area contributed by atoms with Gasteiger partial charge < -0.3 is 15.4 Å². The Morgan fingerprint density at radius 3 is 2.64 bits per heavy atom. The summed E-state index contributed by atoms with van der Waals surface area (Å²) in [5, 5.41) is 9.83. The number of aromatic nitrogens is 4. The third kappa shape index (κ3) is 3.79. The van der Waals surface area contributed by atoms with Crippen molar-refractivity contribution in [3.8, 4) is 0 Å². The second-order valence-electron chi connectivity index (χ2n) is 5.47. The zero-order valence-electron chi connectivity index (χ0n) is 13.3. The minimum atomic E-state index is -4.54. The Balaban J connectivity index is 1.82. The Bertz CT molecular complexity index is 745. The molecule has 2 aromatic heterocycles. The molecule has 0 bridgehead atoms. The second kappa shape index (κ2) is 7.04. The van der Waals surface area contributed by atoms with Gasteiger partial charge in [-0.1, -0.05) is 11.6 Å². The summed E-state index contributed by atoms with van der Waals surface area (Å²) >= 11 is 6.33. The maximum atomic E-state index is 12.9. The molecule has 0 aromatic carbocycles. The lowest BCUT2D eigenvalue weighted by Crippen LogP contribution is -2.20. The Morgan fingerprint density at radius 1 is 1.28 bits per heavy atom. The van der Waals surface area contributed by atoms with E-state index in [4.69, 9.17) is 16.3 Å². The summed E-state index contributed by atoms with van der Waals surface area (Å²) in [5.41, 5.74) is -0.514. The van der Waals surface area contributed by atoms with E-state index in [1.807, 2.05) is 0 Å². The summed E-state index contributed by atoms with van der Waals surface area (Å²) in [6, 6.07) is 0.123. The fourth-order valence-corrected chi connectivity index (χ4v) is 2.85. The molecule has 0 spiro atoms. The maximum Gasteiger partial charge on any atom is 0.421 e.